The van der Waals surface area contributed by atoms with E-state index in [1.165, 1.54) is 13.8 Å². The third-order valence-corrected chi connectivity index (χ3v) is 9.46. The average Bonchev–Trinajstić information content (AvgIpc) is 2.81. The van der Waals surface area contributed by atoms with E-state index in [0.29, 0.717) is 0 Å². The smallest absolute Gasteiger partial charge is 0.298 e. The number of anilines is 2. The standard InChI is InChI=1S/C23H21N3O11S3/c1-8-10(7-24)5-14(39(32,33)34)9(2)15(8)16-17-18(20(26)23(19(16)25)40(35,36)37)21(27)12-4-3-11(38(29,30)31)6-13(12)22(17)28/h3-6H,7,24-26H2,1-2H3,(H,29,30,31)(H,32,33,34)(H,35,36,37). The lowest BCUT2D eigenvalue weighted by atomic mass is 9.77. The van der Waals surface area contributed by atoms with Crippen molar-refractivity contribution in [1.82, 2.24) is 0 Å². The van der Waals surface area contributed by atoms with Gasteiger partial charge in [-0.2, -0.15) is 25.3 Å². The number of hydrogen-bond donors (Lipinski definition) is 6. The number of rotatable bonds is 5. The molecule has 4 rings (SSSR count). The van der Waals surface area contributed by atoms with Crippen LogP contribution in [0.1, 0.15) is 48.5 Å². The van der Waals surface area contributed by atoms with Gasteiger partial charge in [-0.05, 0) is 60.4 Å². The first kappa shape index (κ1) is 29.3. The second kappa shape index (κ2) is 9.16. The van der Waals surface area contributed by atoms with Crippen LogP contribution < -0.4 is 17.2 Å². The topological polar surface area (TPSA) is 275 Å². The average molecular weight is 612 g/mol. The van der Waals surface area contributed by atoms with Crippen LogP contribution in [0.3, 0.4) is 0 Å². The molecule has 0 aliphatic heterocycles. The van der Waals surface area contributed by atoms with E-state index >= 15 is 0 Å². The van der Waals surface area contributed by atoms with E-state index < -0.39 is 95.8 Å². The van der Waals surface area contributed by atoms with Crippen molar-refractivity contribution in [3.05, 3.63) is 63.2 Å². The number of carbonyl (C=O) groups is 2. The maximum absolute atomic E-state index is 13.9. The molecule has 0 saturated carbocycles. The maximum Gasteiger partial charge on any atom is 0.298 e. The van der Waals surface area contributed by atoms with Gasteiger partial charge in [0.05, 0.1) is 26.7 Å². The fourth-order valence-corrected chi connectivity index (χ4v) is 6.95. The van der Waals surface area contributed by atoms with E-state index in [-0.39, 0.29) is 28.8 Å². The molecule has 0 atom stereocenters. The Kier molecular flexibility index (Phi) is 6.71. The fraction of sp³-hybridized carbons (Fsp3) is 0.130. The largest absolute Gasteiger partial charge is 0.397 e. The second-order valence-electron chi connectivity index (χ2n) is 8.94. The minimum Gasteiger partial charge on any atom is -0.397 e. The van der Waals surface area contributed by atoms with Gasteiger partial charge in [-0.1, -0.05) is 0 Å². The molecule has 40 heavy (non-hydrogen) atoms. The van der Waals surface area contributed by atoms with Crippen LogP contribution >= 0.6 is 0 Å². The third-order valence-electron chi connectivity index (χ3n) is 6.67. The summed E-state index contributed by atoms with van der Waals surface area (Å²) < 4.78 is 102. The molecule has 0 unspecified atom stereocenters. The Hall–Kier alpha value is -3.71. The molecule has 0 radical (unpaired) electrons. The van der Waals surface area contributed by atoms with Crippen LogP contribution in [0.5, 0.6) is 0 Å². The van der Waals surface area contributed by atoms with Gasteiger partial charge in [0.1, 0.15) is 4.90 Å². The zero-order chi connectivity index (χ0) is 30.3. The predicted molar refractivity (Wildman–Crippen MR) is 141 cm³/mol. The molecule has 0 amide bonds. The van der Waals surface area contributed by atoms with Gasteiger partial charge in [-0.25, -0.2) is 0 Å². The molecule has 17 heteroatoms. The van der Waals surface area contributed by atoms with E-state index in [1.807, 2.05) is 0 Å². The van der Waals surface area contributed by atoms with Gasteiger partial charge in [-0.3, -0.25) is 23.2 Å². The Bertz CT molecular complexity index is 2030. The molecule has 0 saturated heterocycles. The molecule has 1 aliphatic rings. The minimum atomic E-state index is -5.27. The molecule has 14 nitrogen and oxygen atoms in total. The van der Waals surface area contributed by atoms with E-state index in [0.717, 1.165) is 24.3 Å². The lowest BCUT2D eigenvalue weighted by Gasteiger charge is -2.27. The molecule has 3 aromatic carbocycles. The Morgan fingerprint density at radius 3 is 1.73 bits per heavy atom. The van der Waals surface area contributed by atoms with Gasteiger partial charge in [0, 0.05) is 28.8 Å². The summed E-state index contributed by atoms with van der Waals surface area (Å²) in [5.41, 5.74) is 13.3. The Morgan fingerprint density at radius 1 is 0.675 bits per heavy atom. The summed E-state index contributed by atoms with van der Waals surface area (Å²) >= 11 is 0. The van der Waals surface area contributed by atoms with E-state index in [9.17, 15) is 48.5 Å². The van der Waals surface area contributed by atoms with Gasteiger partial charge in [0.2, 0.25) is 0 Å². The number of nitrogen functional groups attached to an aromatic ring is 2. The van der Waals surface area contributed by atoms with Crippen LogP contribution in [0.2, 0.25) is 0 Å². The van der Waals surface area contributed by atoms with Crippen molar-refractivity contribution in [2.45, 2.75) is 35.1 Å². The Balaban J connectivity index is 2.32. The highest BCUT2D eigenvalue weighted by atomic mass is 32.2. The van der Waals surface area contributed by atoms with E-state index in [2.05, 4.69) is 0 Å². The van der Waals surface area contributed by atoms with E-state index in [4.69, 9.17) is 17.2 Å². The highest BCUT2D eigenvalue weighted by Crippen LogP contribution is 2.48. The monoisotopic (exact) mass is 611 g/mol. The van der Waals surface area contributed by atoms with Crippen LogP contribution in [-0.2, 0) is 36.9 Å². The normalized spacial score (nSPS) is 13.8. The number of benzene rings is 3. The number of carbonyl (C=O) groups excluding carboxylic acids is 2. The van der Waals surface area contributed by atoms with Gasteiger partial charge in [0.15, 0.2) is 11.6 Å². The predicted octanol–water partition coefficient (Wildman–Crippen LogP) is 1.11. The van der Waals surface area contributed by atoms with Gasteiger partial charge >= 0.3 is 0 Å². The minimum absolute atomic E-state index is 0.121. The fourth-order valence-electron chi connectivity index (χ4n) is 4.90. The second-order valence-corrected chi connectivity index (χ2v) is 13.1. The summed E-state index contributed by atoms with van der Waals surface area (Å²) in [6, 6.07) is 3.53. The Morgan fingerprint density at radius 2 is 1.23 bits per heavy atom. The van der Waals surface area contributed by atoms with Gasteiger partial charge < -0.3 is 17.2 Å². The molecule has 9 N–H and O–H groups in total. The van der Waals surface area contributed by atoms with Crippen LogP contribution in [0.4, 0.5) is 11.4 Å². The van der Waals surface area contributed by atoms with Crippen molar-refractivity contribution in [3.63, 3.8) is 0 Å². The van der Waals surface area contributed by atoms with Crippen LogP contribution in [0.25, 0.3) is 11.1 Å². The summed E-state index contributed by atoms with van der Waals surface area (Å²) in [5, 5.41) is 0. The molecular weight excluding hydrogens is 590 g/mol. The first-order valence-electron chi connectivity index (χ1n) is 11.0. The van der Waals surface area contributed by atoms with Crippen molar-refractivity contribution < 1.29 is 48.5 Å². The summed E-state index contributed by atoms with van der Waals surface area (Å²) in [7, 11) is -15.0. The van der Waals surface area contributed by atoms with Crippen LogP contribution in [-0.4, -0.2) is 50.5 Å². The molecule has 0 spiro atoms. The zero-order valence-electron chi connectivity index (χ0n) is 20.6. The molecule has 1 aliphatic carbocycles. The lowest BCUT2D eigenvalue weighted by molar-refractivity contribution is 0.0979. The van der Waals surface area contributed by atoms with Crippen molar-refractivity contribution >= 4 is 53.3 Å². The summed E-state index contributed by atoms with van der Waals surface area (Å²) in [4.78, 5) is 25.0. The highest BCUT2D eigenvalue weighted by molar-refractivity contribution is 7.86. The first-order valence-corrected chi connectivity index (χ1v) is 15.3. The lowest BCUT2D eigenvalue weighted by Crippen LogP contribution is -2.26. The van der Waals surface area contributed by atoms with Gasteiger partial charge in [0.25, 0.3) is 30.4 Å². The number of nitrogens with two attached hydrogens (primary N) is 3. The summed E-state index contributed by atoms with van der Waals surface area (Å²) in [6.45, 7) is 2.34. The van der Waals surface area contributed by atoms with Crippen molar-refractivity contribution in [2.75, 3.05) is 11.5 Å². The number of fused-ring (bicyclic) bond motifs is 2. The van der Waals surface area contributed by atoms with Crippen molar-refractivity contribution in [2.24, 2.45) is 5.73 Å². The first-order chi connectivity index (χ1) is 18.2. The maximum atomic E-state index is 13.9. The molecule has 0 heterocycles. The molecule has 0 bridgehead atoms. The van der Waals surface area contributed by atoms with Crippen LogP contribution in [0.15, 0.2) is 39.0 Å². The van der Waals surface area contributed by atoms with E-state index in [1.54, 1.807) is 0 Å². The number of hydrogen-bond acceptors (Lipinski definition) is 11. The summed E-state index contributed by atoms with van der Waals surface area (Å²) in [6.07, 6.45) is 0. The van der Waals surface area contributed by atoms with Crippen molar-refractivity contribution in [1.29, 1.82) is 0 Å². The molecule has 0 fully saturated rings. The third kappa shape index (κ3) is 4.37. The summed E-state index contributed by atoms with van der Waals surface area (Å²) in [5.74, 6) is -2.15. The van der Waals surface area contributed by atoms with Crippen LogP contribution in [0, 0.1) is 13.8 Å². The molecule has 0 aromatic heterocycles. The van der Waals surface area contributed by atoms with Gasteiger partial charge in [-0.15, -0.1) is 0 Å². The Labute approximate surface area is 228 Å². The number of ketones is 2. The van der Waals surface area contributed by atoms with Crippen molar-refractivity contribution in [3.8, 4) is 11.1 Å². The molecule has 212 valence electrons. The molecule has 3 aromatic rings. The zero-order valence-corrected chi connectivity index (χ0v) is 23.0. The quantitative estimate of drug-likeness (QED) is 0.136. The highest BCUT2D eigenvalue weighted by Gasteiger charge is 2.40. The SMILES string of the molecule is Cc1c(CN)cc(S(=O)(=O)O)c(C)c1-c1c(N)c(S(=O)(=O)O)c(N)c2c1C(=O)c1cc(S(=O)(=O)O)ccc1C2=O. The molecular formula is C23H21N3O11S3.